The van der Waals surface area contributed by atoms with Crippen LogP contribution < -0.4 is 5.32 Å². The van der Waals surface area contributed by atoms with Crippen molar-refractivity contribution in [1.82, 2.24) is 10.2 Å². The average Bonchev–Trinajstić information content (AvgIpc) is 3.28. The quantitative estimate of drug-likeness (QED) is 0.893. The molecule has 1 aliphatic heterocycles. The van der Waals surface area contributed by atoms with E-state index in [1.54, 1.807) is 12.1 Å². The summed E-state index contributed by atoms with van der Waals surface area (Å²) in [5.41, 5.74) is 1.02. The Kier molecular flexibility index (Phi) is 4.59. The van der Waals surface area contributed by atoms with Crippen molar-refractivity contribution in [2.24, 2.45) is 0 Å². The Labute approximate surface area is 125 Å². The van der Waals surface area contributed by atoms with Gasteiger partial charge in [0.05, 0.1) is 5.02 Å². The van der Waals surface area contributed by atoms with Gasteiger partial charge in [0.25, 0.3) is 0 Å². The molecule has 4 heteroatoms. The summed E-state index contributed by atoms with van der Waals surface area (Å²) < 4.78 is 13.5. The van der Waals surface area contributed by atoms with E-state index in [-0.39, 0.29) is 10.8 Å². The summed E-state index contributed by atoms with van der Waals surface area (Å²) in [6, 6.07) is 6.47. The highest BCUT2D eigenvalue weighted by Crippen LogP contribution is 2.29. The maximum absolute atomic E-state index is 13.5. The first-order valence-corrected chi connectivity index (χ1v) is 8.01. The minimum absolute atomic E-state index is 0.209. The van der Waals surface area contributed by atoms with Crippen molar-refractivity contribution in [1.29, 1.82) is 0 Å². The van der Waals surface area contributed by atoms with E-state index in [0.717, 1.165) is 25.2 Å². The van der Waals surface area contributed by atoms with Gasteiger partial charge < -0.3 is 5.32 Å². The summed E-state index contributed by atoms with van der Waals surface area (Å²) in [5, 5.41) is 3.81. The van der Waals surface area contributed by atoms with Crippen molar-refractivity contribution in [2.75, 3.05) is 13.1 Å². The molecule has 0 aromatic heterocycles. The summed E-state index contributed by atoms with van der Waals surface area (Å²) in [6.07, 6.45) is 6.44. The third-order valence-corrected chi connectivity index (χ3v) is 4.61. The molecule has 1 aliphatic carbocycles. The molecule has 1 aromatic carbocycles. The fourth-order valence-electron chi connectivity index (χ4n) is 3.02. The maximum Gasteiger partial charge on any atom is 0.142 e. The Balaban J connectivity index is 1.62. The number of nitrogens with one attached hydrogen (secondary N) is 1. The van der Waals surface area contributed by atoms with Crippen LogP contribution in [0.15, 0.2) is 18.2 Å². The number of rotatable bonds is 5. The summed E-state index contributed by atoms with van der Waals surface area (Å²) in [5.74, 6) is -0.310. The highest BCUT2D eigenvalue weighted by atomic mass is 35.5. The predicted molar refractivity (Wildman–Crippen MR) is 80.5 cm³/mol. The van der Waals surface area contributed by atoms with Crippen LogP contribution in [0.1, 0.15) is 37.7 Å². The second-order valence-electron chi connectivity index (χ2n) is 6.06. The van der Waals surface area contributed by atoms with E-state index in [9.17, 15) is 4.39 Å². The van der Waals surface area contributed by atoms with E-state index in [1.807, 2.05) is 6.07 Å². The molecule has 20 heavy (non-hydrogen) atoms. The first-order chi connectivity index (χ1) is 9.72. The lowest BCUT2D eigenvalue weighted by molar-refractivity contribution is 0.208. The normalized spacial score (nSPS) is 23.2. The third kappa shape index (κ3) is 3.72. The van der Waals surface area contributed by atoms with Crippen LogP contribution in [-0.2, 0) is 6.54 Å². The van der Waals surface area contributed by atoms with Crippen LogP contribution in [0.4, 0.5) is 4.39 Å². The molecule has 2 fully saturated rings. The van der Waals surface area contributed by atoms with Crippen molar-refractivity contribution in [2.45, 2.75) is 50.7 Å². The van der Waals surface area contributed by atoms with E-state index in [1.165, 1.54) is 32.1 Å². The number of hydrogen-bond donors (Lipinski definition) is 1. The van der Waals surface area contributed by atoms with Crippen LogP contribution in [0.3, 0.4) is 0 Å². The molecule has 0 radical (unpaired) electrons. The van der Waals surface area contributed by atoms with Gasteiger partial charge in [0.2, 0.25) is 0 Å². The molecule has 1 saturated heterocycles. The fraction of sp³-hybridized carbons (Fsp3) is 0.625. The van der Waals surface area contributed by atoms with Gasteiger partial charge in [-0.05, 0) is 49.9 Å². The Morgan fingerprint density at radius 1 is 1.25 bits per heavy atom. The van der Waals surface area contributed by atoms with Crippen molar-refractivity contribution in [3.8, 4) is 0 Å². The molecule has 0 amide bonds. The van der Waals surface area contributed by atoms with Gasteiger partial charge in [-0.15, -0.1) is 0 Å². The maximum atomic E-state index is 13.5. The Morgan fingerprint density at radius 2 is 2.10 bits per heavy atom. The smallest absolute Gasteiger partial charge is 0.142 e. The zero-order chi connectivity index (χ0) is 13.9. The lowest BCUT2D eigenvalue weighted by atomic mass is 10.0. The fourth-order valence-corrected chi connectivity index (χ4v) is 3.14. The molecule has 0 spiro atoms. The molecule has 3 rings (SSSR count). The van der Waals surface area contributed by atoms with Crippen LogP contribution in [0.5, 0.6) is 0 Å². The van der Waals surface area contributed by atoms with Gasteiger partial charge in [-0.25, -0.2) is 4.39 Å². The largest absolute Gasteiger partial charge is 0.313 e. The molecule has 110 valence electrons. The molecular formula is C16H22ClFN2. The first-order valence-electron chi connectivity index (χ1n) is 7.64. The second kappa shape index (κ2) is 6.42. The third-order valence-electron chi connectivity index (χ3n) is 4.30. The number of piperidine rings is 1. The molecule has 1 N–H and O–H groups in total. The molecule has 2 nitrogen and oxygen atoms in total. The number of hydrogen-bond acceptors (Lipinski definition) is 2. The van der Waals surface area contributed by atoms with Crippen LogP contribution in [0.2, 0.25) is 5.02 Å². The molecule has 1 atom stereocenters. The van der Waals surface area contributed by atoms with Gasteiger partial charge in [-0.2, -0.15) is 0 Å². The van der Waals surface area contributed by atoms with Crippen molar-refractivity contribution in [3.63, 3.8) is 0 Å². The SMILES string of the molecule is Fc1cc(CN(CC2CCCCN2)C2CC2)ccc1Cl. The van der Waals surface area contributed by atoms with Crippen LogP contribution >= 0.6 is 11.6 Å². The van der Waals surface area contributed by atoms with Gasteiger partial charge in [0.15, 0.2) is 0 Å². The lowest BCUT2D eigenvalue weighted by Gasteiger charge is -2.30. The van der Waals surface area contributed by atoms with Crippen molar-refractivity contribution >= 4 is 11.6 Å². The van der Waals surface area contributed by atoms with E-state index in [0.29, 0.717) is 12.1 Å². The Hall–Kier alpha value is -0.640. The Bertz CT molecular complexity index is 456. The van der Waals surface area contributed by atoms with E-state index in [2.05, 4.69) is 10.2 Å². The van der Waals surface area contributed by atoms with Gasteiger partial charge in [-0.1, -0.05) is 24.1 Å². The molecule has 2 aliphatic rings. The standard InChI is InChI=1S/C16H22ClFN2/c17-15-7-4-12(9-16(15)18)10-20(14-5-6-14)11-13-3-1-2-8-19-13/h4,7,9,13-14,19H,1-3,5-6,8,10-11H2. The molecule has 1 aromatic rings. The van der Waals surface area contributed by atoms with Crippen LogP contribution in [-0.4, -0.2) is 30.1 Å². The average molecular weight is 297 g/mol. The predicted octanol–water partition coefficient (Wildman–Crippen LogP) is 3.59. The van der Waals surface area contributed by atoms with E-state index < -0.39 is 0 Å². The van der Waals surface area contributed by atoms with E-state index >= 15 is 0 Å². The van der Waals surface area contributed by atoms with Crippen molar-refractivity contribution in [3.05, 3.63) is 34.6 Å². The van der Waals surface area contributed by atoms with Gasteiger partial charge in [0, 0.05) is 25.2 Å². The molecule has 1 saturated carbocycles. The lowest BCUT2D eigenvalue weighted by Crippen LogP contribution is -2.44. The van der Waals surface area contributed by atoms with Crippen LogP contribution in [0, 0.1) is 5.82 Å². The zero-order valence-corrected chi connectivity index (χ0v) is 12.5. The topological polar surface area (TPSA) is 15.3 Å². The number of benzene rings is 1. The highest BCUT2D eigenvalue weighted by Gasteiger charge is 2.30. The molecule has 1 heterocycles. The molecular weight excluding hydrogens is 275 g/mol. The number of nitrogens with zero attached hydrogens (tertiary/aromatic N) is 1. The van der Waals surface area contributed by atoms with Gasteiger partial charge in [-0.3, -0.25) is 4.90 Å². The number of halogens is 2. The van der Waals surface area contributed by atoms with Gasteiger partial charge >= 0.3 is 0 Å². The van der Waals surface area contributed by atoms with Crippen LogP contribution in [0.25, 0.3) is 0 Å². The minimum atomic E-state index is -0.310. The summed E-state index contributed by atoms with van der Waals surface area (Å²) in [6.45, 7) is 3.05. The highest BCUT2D eigenvalue weighted by molar-refractivity contribution is 6.30. The molecule has 1 unspecified atom stereocenters. The van der Waals surface area contributed by atoms with Gasteiger partial charge in [0.1, 0.15) is 5.82 Å². The summed E-state index contributed by atoms with van der Waals surface area (Å²) in [7, 11) is 0. The zero-order valence-electron chi connectivity index (χ0n) is 11.7. The summed E-state index contributed by atoms with van der Waals surface area (Å²) in [4.78, 5) is 2.51. The minimum Gasteiger partial charge on any atom is -0.313 e. The van der Waals surface area contributed by atoms with E-state index in [4.69, 9.17) is 11.6 Å². The molecule has 0 bridgehead atoms. The second-order valence-corrected chi connectivity index (χ2v) is 6.46. The van der Waals surface area contributed by atoms with Crippen molar-refractivity contribution < 1.29 is 4.39 Å². The monoisotopic (exact) mass is 296 g/mol. The Morgan fingerprint density at radius 3 is 2.75 bits per heavy atom. The summed E-state index contributed by atoms with van der Waals surface area (Å²) >= 11 is 5.75. The first kappa shape index (κ1) is 14.3.